The van der Waals surface area contributed by atoms with Crippen LogP contribution >= 0.6 is 0 Å². The molecule has 2 fully saturated rings. The van der Waals surface area contributed by atoms with E-state index in [-0.39, 0.29) is 60.0 Å². The molecule has 6 atom stereocenters. The highest BCUT2D eigenvalue weighted by molar-refractivity contribution is 6.01. The first kappa shape index (κ1) is 39.0. The van der Waals surface area contributed by atoms with Crippen LogP contribution in [0.15, 0.2) is 122 Å². The summed E-state index contributed by atoms with van der Waals surface area (Å²) in [4.78, 5) is 34.9. The normalized spacial score (nSPS) is 22.9. The lowest BCUT2D eigenvalue weighted by atomic mass is 9.49. The zero-order valence-electron chi connectivity index (χ0n) is 31.5. The quantitative estimate of drug-likeness (QED) is 0.152. The van der Waals surface area contributed by atoms with Crippen LogP contribution in [0.4, 0.5) is 20.2 Å². The number of para-hydroxylation sites is 2. The highest BCUT2D eigenvalue weighted by Crippen LogP contribution is 2.56. The van der Waals surface area contributed by atoms with Gasteiger partial charge in [-0.25, -0.2) is 8.78 Å². The van der Waals surface area contributed by atoms with Gasteiger partial charge in [-0.15, -0.1) is 49.4 Å². The number of fused-ring (bicyclic) bond motifs is 2. The van der Waals surface area contributed by atoms with Crippen LogP contribution in [-0.2, 0) is 20.4 Å². The Bertz CT molecular complexity index is 2440. The maximum atomic E-state index is 13.5. The molecular formula is C50H38F2N4O2. The highest BCUT2D eigenvalue weighted by Gasteiger charge is 2.57. The molecule has 0 aliphatic heterocycles. The molecule has 2 amide bonds. The number of nitrogens with zero attached hydrogens (tertiary/aromatic N) is 2. The molecule has 0 bridgehead atoms. The molecule has 4 aromatic carbocycles. The van der Waals surface area contributed by atoms with E-state index in [4.69, 9.17) is 25.7 Å². The van der Waals surface area contributed by atoms with Gasteiger partial charge in [0.05, 0.1) is 22.4 Å². The number of terminal acetylenes is 4. The topological polar surface area (TPSA) is 84.0 Å². The van der Waals surface area contributed by atoms with Gasteiger partial charge >= 0.3 is 0 Å². The summed E-state index contributed by atoms with van der Waals surface area (Å²) in [6.07, 6.45) is 27.9. The number of rotatable bonds is 8. The van der Waals surface area contributed by atoms with E-state index >= 15 is 0 Å². The Morgan fingerprint density at radius 3 is 1.24 bits per heavy atom. The van der Waals surface area contributed by atoms with Crippen LogP contribution in [0.5, 0.6) is 0 Å². The van der Waals surface area contributed by atoms with Crippen molar-refractivity contribution in [1.82, 2.24) is 9.97 Å². The van der Waals surface area contributed by atoms with Crippen molar-refractivity contribution >= 4 is 45.0 Å². The predicted molar refractivity (Wildman–Crippen MR) is 225 cm³/mol. The van der Waals surface area contributed by atoms with Crippen molar-refractivity contribution in [1.29, 1.82) is 0 Å². The van der Waals surface area contributed by atoms with Crippen molar-refractivity contribution < 1.29 is 18.4 Å². The number of benzene rings is 4. The van der Waals surface area contributed by atoms with E-state index in [2.05, 4.69) is 44.3 Å². The van der Waals surface area contributed by atoms with Gasteiger partial charge in [-0.05, 0) is 72.5 Å². The molecule has 6 nitrogen and oxygen atoms in total. The number of hydrogen-bond acceptors (Lipinski definition) is 4. The van der Waals surface area contributed by atoms with Crippen molar-refractivity contribution in [3.05, 3.63) is 144 Å². The van der Waals surface area contributed by atoms with Gasteiger partial charge in [0.15, 0.2) is 0 Å². The summed E-state index contributed by atoms with van der Waals surface area (Å²) in [6.45, 7) is 0. The first-order valence-electron chi connectivity index (χ1n) is 18.8. The van der Waals surface area contributed by atoms with Crippen LogP contribution in [0, 0.1) is 84.7 Å². The predicted octanol–water partition coefficient (Wildman–Crippen LogP) is 9.09. The van der Waals surface area contributed by atoms with E-state index in [1.165, 1.54) is 24.3 Å². The van der Waals surface area contributed by atoms with Crippen molar-refractivity contribution in [2.45, 2.75) is 36.5 Å². The molecule has 2 aromatic heterocycles. The standard InChI is InChI=1S/2C25H19FN2O/c2*1-3-18-15-19(4-2)25(18,20-10-12-21(26)13-11-20)16-23(29)28-22-9-5-7-17-8-6-14-27-24(17)22/h2*1-2,5-14,18-19H,15-16H2,(H,28,29)/t2*18-,19+,25?. The number of hydrogen-bond donors (Lipinski definition) is 2. The number of halogens is 2. The first-order valence-corrected chi connectivity index (χ1v) is 18.8. The Morgan fingerprint density at radius 2 is 0.897 bits per heavy atom. The van der Waals surface area contributed by atoms with Crippen LogP contribution in [-0.4, -0.2) is 21.8 Å². The number of carbonyl (C=O) groups is 2. The van der Waals surface area contributed by atoms with E-state index in [1.54, 1.807) is 36.7 Å². The third-order valence-electron chi connectivity index (χ3n) is 11.7. The van der Waals surface area contributed by atoms with E-state index in [9.17, 15) is 18.4 Å². The highest BCUT2D eigenvalue weighted by atomic mass is 19.1. The molecule has 58 heavy (non-hydrogen) atoms. The van der Waals surface area contributed by atoms with Gasteiger partial charge in [0.25, 0.3) is 0 Å². The molecule has 284 valence electrons. The van der Waals surface area contributed by atoms with Gasteiger partial charge < -0.3 is 10.6 Å². The zero-order chi connectivity index (χ0) is 40.9. The van der Waals surface area contributed by atoms with Gasteiger partial charge in [-0.2, -0.15) is 0 Å². The van der Waals surface area contributed by atoms with Crippen LogP contribution in [0.1, 0.15) is 36.8 Å². The summed E-state index contributed by atoms with van der Waals surface area (Å²) in [5.74, 6) is 9.30. The van der Waals surface area contributed by atoms with E-state index in [0.29, 0.717) is 24.2 Å². The Morgan fingerprint density at radius 1 is 0.552 bits per heavy atom. The number of anilines is 2. The lowest BCUT2D eigenvalue weighted by molar-refractivity contribution is -0.120. The van der Waals surface area contributed by atoms with Crippen molar-refractivity contribution in [3.63, 3.8) is 0 Å². The molecule has 8 rings (SSSR count). The van der Waals surface area contributed by atoms with Crippen LogP contribution in [0.2, 0.25) is 0 Å². The zero-order valence-corrected chi connectivity index (χ0v) is 31.5. The number of nitrogens with one attached hydrogen (secondary N) is 2. The van der Waals surface area contributed by atoms with Crippen LogP contribution in [0.3, 0.4) is 0 Å². The Balaban J connectivity index is 0.000000177. The molecule has 8 heteroatoms. The molecule has 2 saturated carbocycles. The fraction of sp³-hybridized carbons (Fsp3) is 0.200. The Kier molecular flexibility index (Phi) is 11.1. The van der Waals surface area contributed by atoms with Gasteiger partial charge in [-0.3, -0.25) is 19.6 Å². The first-order chi connectivity index (χ1) is 28.2. The molecule has 0 radical (unpaired) electrons. The number of carbonyl (C=O) groups excluding carboxylic acids is 2. The molecule has 0 spiro atoms. The molecule has 2 N–H and O–H groups in total. The summed E-state index contributed by atoms with van der Waals surface area (Å²) >= 11 is 0. The minimum Gasteiger partial charge on any atom is -0.324 e. The molecule has 2 aliphatic carbocycles. The molecular weight excluding hydrogens is 727 g/mol. The molecule has 6 aromatic rings. The summed E-state index contributed by atoms with van der Waals surface area (Å²) < 4.78 is 27.0. The summed E-state index contributed by atoms with van der Waals surface area (Å²) in [5, 5.41) is 7.80. The minimum absolute atomic E-state index is 0.117. The van der Waals surface area contributed by atoms with Crippen molar-refractivity contribution in [2.75, 3.05) is 10.6 Å². The number of aromatic nitrogens is 2. The monoisotopic (exact) mass is 764 g/mol. The van der Waals surface area contributed by atoms with Gasteiger partial charge in [0, 0.05) is 70.5 Å². The summed E-state index contributed by atoms with van der Waals surface area (Å²) in [6, 6.07) is 31.0. The lowest BCUT2D eigenvalue weighted by Gasteiger charge is -2.52. The number of amides is 2. The SMILES string of the molecule is C#C[C@@H]1C[C@H](C#C)C1(CC(=O)Nc1cccc2cccnc12)c1ccc(F)cc1.C#C[C@@H]1C[C@H](C#C)C1(CC(=O)Nc1cccc2cccnc12)c1ccc(F)cc1. The molecule has 2 aliphatic rings. The summed E-state index contributed by atoms with van der Waals surface area (Å²) in [7, 11) is 0. The second-order valence-corrected chi connectivity index (χ2v) is 14.7. The smallest absolute Gasteiger partial charge is 0.225 e. The van der Waals surface area contributed by atoms with Gasteiger partial charge in [0.2, 0.25) is 11.8 Å². The average Bonchev–Trinajstić information content (AvgIpc) is 3.23. The van der Waals surface area contributed by atoms with Crippen LogP contribution < -0.4 is 10.6 Å². The summed E-state index contributed by atoms with van der Waals surface area (Å²) in [5.41, 5.74) is 2.87. The van der Waals surface area contributed by atoms with E-state index < -0.39 is 10.8 Å². The minimum atomic E-state index is -0.709. The molecule has 2 heterocycles. The van der Waals surface area contributed by atoms with Crippen molar-refractivity contribution in [2.24, 2.45) is 23.7 Å². The third kappa shape index (κ3) is 7.14. The Labute approximate surface area is 336 Å². The second kappa shape index (κ2) is 16.5. The van der Waals surface area contributed by atoms with E-state index in [1.807, 2.05) is 60.7 Å². The van der Waals surface area contributed by atoms with Crippen molar-refractivity contribution in [3.8, 4) is 49.4 Å². The van der Waals surface area contributed by atoms with Gasteiger partial charge in [-0.1, -0.05) is 60.7 Å². The fourth-order valence-electron chi connectivity index (χ4n) is 8.70. The molecule has 2 unspecified atom stereocenters. The van der Waals surface area contributed by atoms with E-state index in [0.717, 1.165) is 32.9 Å². The fourth-order valence-corrected chi connectivity index (χ4v) is 8.70. The maximum absolute atomic E-state index is 13.5. The van der Waals surface area contributed by atoms with Gasteiger partial charge in [0.1, 0.15) is 11.6 Å². The average molecular weight is 765 g/mol. The van der Waals surface area contributed by atoms with Crippen LogP contribution in [0.25, 0.3) is 21.8 Å². The lowest BCUT2D eigenvalue weighted by Crippen LogP contribution is -2.53. The number of pyridine rings is 2. The third-order valence-corrected chi connectivity index (χ3v) is 11.7. The Hall–Kier alpha value is -7.26. The maximum Gasteiger partial charge on any atom is 0.225 e. The molecule has 0 saturated heterocycles. The largest absolute Gasteiger partial charge is 0.324 e. The second-order valence-electron chi connectivity index (χ2n) is 14.7.